The van der Waals surface area contributed by atoms with Gasteiger partial charge in [-0.25, -0.2) is 8.42 Å². The zero-order valence-corrected chi connectivity index (χ0v) is 20.6. The van der Waals surface area contributed by atoms with Crippen LogP contribution in [-0.4, -0.2) is 20.9 Å². The van der Waals surface area contributed by atoms with Crippen molar-refractivity contribution in [2.45, 2.75) is 38.1 Å². The number of hydrogen-bond donors (Lipinski definition) is 1. The fraction of sp³-hybridized carbons (Fsp3) is 0.269. The highest BCUT2D eigenvalue weighted by atomic mass is 35.5. The molecular formula is C26H29ClN2O3S. The van der Waals surface area contributed by atoms with Gasteiger partial charge >= 0.3 is 0 Å². The third-order valence-electron chi connectivity index (χ3n) is 5.26. The standard InChI is InChI=1S/C26H29ClN2O3S/c1-19(2)17-24(21-9-5-4-6-10-21)28-26(30)18-29(25-12-8-7-11-23(25)27)33(31,32)22-15-13-20(3)14-16-22/h4-16,19,24H,17-18H2,1-3H3,(H,28,30)/t24-/m0/s1. The van der Waals surface area contributed by atoms with E-state index >= 15 is 0 Å². The maximum absolute atomic E-state index is 13.6. The van der Waals surface area contributed by atoms with Crippen molar-refractivity contribution in [3.05, 3.63) is 95.0 Å². The van der Waals surface area contributed by atoms with Crippen LogP contribution in [0.1, 0.15) is 37.4 Å². The molecular weight excluding hydrogens is 456 g/mol. The molecule has 7 heteroatoms. The number of amides is 1. The van der Waals surface area contributed by atoms with Gasteiger partial charge in [-0.1, -0.05) is 85.6 Å². The minimum atomic E-state index is -4.02. The lowest BCUT2D eigenvalue weighted by atomic mass is 9.97. The Bertz CT molecular complexity index is 1180. The topological polar surface area (TPSA) is 66.5 Å². The van der Waals surface area contributed by atoms with E-state index in [1.807, 2.05) is 37.3 Å². The smallest absolute Gasteiger partial charge is 0.264 e. The molecule has 0 unspecified atom stereocenters. The summed E-state index contributed by atoms with van der Waals surface area (Å²) in [6, 6.07) is 22.6. The van der Waals surface area contributed by atoms with Gasteiger partial charge in [0.2, 0.25) is 5.91 Å². The predicted octanol–water partition coefficient (Wildman–Crippen LogP) is 5.75. The molecule has 3 aromatic carbocycles. The van der Waals surface area contributed by atoms with E-state index in [4.69, 9.17) is 11.6 Å². The third-order valence-corrected chi connectivity index (χ3v) is 7.36. The molecule has 1 amide bonds. The molecule has 0 aliphatic heterocycles. The Labute approximate surface area is 201 Å². The summed E-state index contributed by atoms with van der Waals surface area (Å²) in [5.74, 6) is -0.0634. The van der Waals surface area contributed by atoms with Crippen LogP contribution in [-0.2, 0) is 14.8 Å². The van der Waals surface area contributed by atoms with Crippen molar-refractivity contribution >= 4 is 33.2 Å². The normalized spacial score (nSPS) is 12.4. The number of rotatable bonds is 9. The number of halogens is 1. The second kappa shape index (κ2) is 10.9. The van der Waals surface area contributed by atoms with E-state index in [0.29, 0.717) is 5.92 Å². The molecule has 1 atom stereocenters. The lowest BCUT2D eigenvalue weighted by Gasteiger charge is -2.27. The van der Waals surface area contributed by atoms with Crippen molar-refractivity contribution in [3.63, 3.8) is 0 Å². The number of carbonyl (C=O) groups is 1. The van der Waals surface area contributed by atoms with Crippen molar-refractivity contribution in [2.75, 3.05) is 10.8 Å². The maximum atomic E-state index is 13.6. The Morgan fingerprint density at radius 3 is 2.15 bits per heavy atom. The number of para-hydroxylation sites is 1. The summed E-state index contributed by atoms with van der Waals surface area (Å²) in [4.78, 5) is 13.3. The summed E-state index contributed by atoms with van der Waals surface area (Å²) >= 11 is 6.35. The van der Waals surface area contributed by atoms with Crippen molar-refractivity contribution in [2.24, 2.45) is 5.92 Å². The minimum Gasteiger partial charge on any atom is -0.348 e. The molecule has 0 saturated carbocycles. The molecule has 0 aliphatic rings. The molecule has 0 heterocycles. The third kappa shape index (κ3) is 6.36. The summed E-state index contributed by atoms with van der Waals surface area (Å²) in [7, 11) is -4.02. The van der Waals surface area contributed by atoms with Crippen molar-refractivity contribution in [1.29, 1.82) is 0 Å². The molecule has 3 aromatic rings. The van der Waals surface area contributed by atoms with Crippen LogP contribution in [0.15, 0.2) is 83.8 Å². The van der Waals surface area contributed by atoms with Gasteiger partial charge in [-0.3, -0.25) is 9.10 Å². The fourth-order valence-corrected chi connectivity index (χ4v) is 5.32. The Morgan fingerprint density at radius 1 is 0.939 bits per heavy atom. The van der Waals surface area contributed by atoms with Crippen LogP contribution in [0.5, 0.6) is 0 Å². The van der Waals surface area contributed by atoms with Crippen molar-refractivity contribution < 1.29 is 13.2 Å². The molecule has 0 fully saturated rings. The van der Waals surface area contributed by atoms with Crippen LogP contribution in [0.25, 0.3) is 0 Å². The van der Waals surface area contributed by atoms with Gasteiger partial charge in [-0.2, -0.15) is 0 Å². The monoisotopic (exact) mass is 484 g/mol. The van der Waals surface area contributed by atoms with Crippen molar-refractivity contribution in [3.8, 4) is 0 Å². The first kappa shape index (κ1) is 24.8. The highest BCUT2D eigenvalue weighted by molar-refractivity contribution is 7.92. The molecule has 33 heavy (non-hydrogen) atoms. The second-order valence-electron chi connectivity index (χ2n) is 8.44. The zero-order chi connectivity index (χ0) is 24.0. The van der Waals surface area contributed by atoms with Crippen LogP contribution in [0.2, 0.25) is 5.02 Å². The number of aryl methyl sites for hydroxylation is 1. The predicted molar refractivity (Wildman–Crippen MR) is 134 cm³/mol. The number of hydrogen-bond acceptors (Lipinski definition) is 3. The van der Waals surface area contributed by atoms with Crippen molar-refractivity contribution in [1.82, 2.24) is 5.32 Å². The highest BCUT2D eigenvalue weighted by Gasteiger charge is 2.29. The van der Waals surface area contributed by atoms with E-state index in [-0.39, 0.29) is 28.2 Å². The lowest BCUT2D eigenvalue weighted by molar-refractivity contribution is -0.120. The molecule has 0 aliphatic carbocycles. The molecule has 174 valence electrons. The number of carbonyl (C=O) groups excluding carboxylic acids is 1. The van der Waals surface area contributed by atoms with E-state index in [1.165, 1.54) is 12.1 Å². The van der Waals surface area contributed by atoms with E-state index in [1.54, 1.807) is 36.4 Å². The Hall–Kier alpha value is -2.83. The molecule has 0 saturated heterocycles. The average molecular weight is 485 g/mol. The SMILES string of the molecule is Cc1ccc(S(=O)(=O)N(CC(=O)N[C@@H](CC(C)C)c2ccccc2)c2ccccc2Cl)cc1. The van der Waals surface area contributed by atoms with Crippen LogP contribution >= 0.6 is 11.6 Å². The van der Waals surface area contributed by atoms with E-state index < -0.39 is 15.9 Å². The average Bonchev–Trinajstić information content (AvgIpc) is 2.78. The van der Waals surface area contributed by atoms with Gasteiger partial charge in [0, 0.05) is 0 Å². The number of sulfonamides is 1. The Morgan fingerprint density at radius 2 is 1.55 bits per heavy atom. The summed E-state index contributed by atoms with van der Waals surface area (Å²) in [5.41, 5.74) is 2.18. The number of nitrogens with one attached hydrogen (secondary N) is 1. The molecule has 0 aromatic heterocycles. The zero-order valence-electron chi connectivity index (χ0n) is 19.0. The molecule has 0 radical (unpaired) electrons. The van der Waals surface area contributed by atoms with Gasteiger partial charge in [0.15, 0.2) is 0 Å². The molecule has 3 rings (SSSR count). The number of anilines is 1. The van der Waals surface area contributed by atoms with Crippen LogP contribution in [0, 0.1) is 12.8 Å². The summed E-state index contributed by atoms with van der Waals surface area (Å²) in [6.45, 7) is 5.66. The van der Waals surface area contributed by atoms with Gasteiger partial charge in [-0.15, -0.1) is 0 Å². The van der Waals surface area contributed by atoms with Crippen LogP contribution in [0.3, 0.4) is 0 Å². The van der Waals surface area contributed by atoms with E-state index in [2.05, 4.69) is 19.2 Å². The first-order valence-corrected chi connectivity index (χ1v) is 12.7. The first-order chi connectivity index (χ1) is 15.7. The quantitative estimate of drug-likeness (QED) is 0.420. The summed E-state index contributed by atoms with van der Waals surface area (Å²) < 4.78 is 28.2. The van der Waals surface area contributed by atoms with Gasteiger partial charge in [0.05, 0.1) is 21.6 Å². The largest absolute Gasteiger partial charge is 0.348 e. The van der Waals surface area contributed by atoms with Gasteiger partial charge in [-0.05, 0) is 49.1 Å². The second-order valence-corrected chi connectivity index (χ2v) is 10.7. The number of benzene rings is 3. The minimum absolute atomic E-state index is 0.0996. The Kier molecular flexibility index (Phi) is 8.16. The highest BCUT2D eigenvalue weighted by Crippen LogP contribution is 2.30. The van der Waals surface area contributed by atoms with Crippen LogP contribution in [0.4, 0.5) is 5.69 Å². The molecule has 0 spiro atoms. The van der Waals surface area contributed by atoms with Gasteiger partial charge in [0.1, 0.15) is 6.54 Å². The fourth-order valence-electron chi connectivity index (χ4n) is 3.60. The van der Waals surface area contributed by atoms with Crippen LogP contribution < -0.4 is 9.62 Å². The number of nitrogens with zero attached hydrogens (tertiary/aromatic N) is 1. The summed E-state index contributed by atoms with van der Waals surface area (Å²) in [5, 5.41) is 3.28. The molecule has 5 nitrogen and oxygen atoms in total. The first-order valence-electron chi connectivity index (χ1n) is 10.9. The van der Waals surface area contributed by atoms with Gasteiger partial charge in [0.25, 0.3) is 10.0 Å². The lowest BCUT2D eigenvalue weighted by Crippen LogP contribution is -2.42. The Balaban J connectivity index is 1.94. The molecule has 1 N–H and O–H groups in total. The summed E-state index contributed by atoms with van der Waals surface area (Å²) in [6.07, 6.45) is 0.729. The maximum Gasteiger partial charge on any atom is 0.264 e. The molecule has 0 bridgehead atoms. The van der Waals surface area contributed by atoms with Gasteiger partial charge < -0.3 is 5.32 Å². The van der Waals surface area contributed by atoms with E-state index in [0.717, 1.165) is 21.9 Å². The van der Waals surface area contributed by atoms with E-state index in [9.17, 15) is 13.2 Å².